The van der Waals surface area contributed by atoms with Crippen LogP contribution in [-0.4, -0.2) is 57.8 Å². The molecule has 1 amide bonds. The van der Waals surface area contributed by atoms with Crippen molar-refractivity contribution in [2.75, 3.05) is 32.7 Å². The summed E-state index contributed by atoms with van der Waals surface area (Å²) in [5, 5.41) is 0. The van der Waals surface area contributed by atoms with Crippen LogP contribution in [0, 0.1) is 0 Å². The van der Waals surface area contributed by atoms with E-state index in [1.165, 1.54) is 0 Å². The molecule has 0 bridgehead atoms. The second kappa shape index (κ2) is 5.60. The van der Waals surface area contributed by atoms with Crippen molar-refractivity contribution in [1.82, 2.24) is 19.2 Å². The van der Waals surface area contributed by atoms with Gasteiger partial charge >= 0.3 is 0 Å². The summed E-state index contributed by atoms with van der Waals surface area (Å²) in [5.74, 6) is -0.251. The fourth-order valence-electron chi connectivity index (χ4n) is 2.62. The Morgan fingerprint density at radius 2 is 1.95 bits per heavy atom. The molecule has 2 aromatic rings. The highest BCUT2D eigenvalue weighted by molar-refractivity contribution is 5.75. The van der Waals surface area contributed by atoms with Gasteiger partial charge in [0.15, 0.2) is 0 Å². The van der Waals surface area contributed by atoms with E-state index in [4.69, 9.17) is 5.73 Å². The summed E-state index contributed by atoms with van der Waals surface area (Å²) in [4.78, 5) is 20.0. The highest BCUT2D eigenvalue weighted by Gasteiger charge is 2.18. The number of fused-ring (bicyclic) bond motifs is 1. The predicted molar refractivity (Wildman–Crippen MR) is 76.1 cm³/mol. The Bertz CT molecular complexity index is 567. The Morgan fingerprint density at radius 1 is 1.20 bits per heavy atom. The van der Waals surface area contributed by atoms with Gasteiger partial charge in [-0.25, -0.2) is 4.98 Å². The standard InChI is InChI=1S/C14H19N5O/c15-13(20)11-18-7-5-17(6-8-18)9-12-10-19-4-2-1-3-14(19)16-12/h1-4,10H,5-9,11H2,(H2,15,20). The van der Waals surface area contributed by atoms with E-state index < -0.39 is 0 Å². The third-order valence-corrected chi connectivity index (χ3v) is 3.64. The lowest BCUT2D eigenvalue weighted by Crippen LogP contribution is -2.48. The Morgan fingerprint density at radius 3 is 2.65 bits per heavy atom. The molecule has 0 unspecified atom stereocenters. The van der Waals surface area contributed by atoms with Crippen LogP contribution in [0.25, 0.3) is 5.65 Å². The maximum Gasteiger partial charge on any atom is 0.231 e. The van der Waals surface area contributed by atoms with Gasteiger partial charge in [-0.1, -0.05) is 6.07 Å². The van der Waals surface area contributed by atoms with E-state index in [-0.39, 0.29) is 5.91 Å². The van der Waals surface area contributed by atoms with Crippen molar-refractivity contribution in [1.29, 1.82) is 0 Å². The zero-order valence-corrected chi connectivity index (χ0v) is 11.4. The summed E-state index contributed by atoms with van der Waals surface area (Å²) < 4.78 is 2.04. The number of aromatic nitrogens is 2. The molecule has 6 heteroatoms. The van der Waals surface area contributed by atoms with Crippen LogP contribution in [0.4, 0.5) is 0 Å². The molecule has 0 atom stereocenters. The first-order valence-corrected chi connectivity index (χ1v) is 6.86. The Hall–Kier alpha value is -1.92. The van der Waals surface area contributed by atoms with Crippen molar-refractivity contribution in [2.24, 2.45) is 5.73 Å². The zero-order valence-electron chi connectivity index (χ0n) is 11.4. The second-order valence-electron chi connectivity index (χ2n) is 5.22. The molecule has 1 aliphatic heterocycles. The first kappa shape index (κ1) is 13.1. The van der Waals surface area contributed by atoms with Gasteiger partial charge < -0.3 is 10.1 Å². The Kier molecular flexibility index (Phi) is 3.66. The summed E-state index contributed by atoms with van der Waals surface area (Å²) in [6.45, 7) is 4.88. The van der Waals surface area contributed by atoms with E-state index in [9.17, 15) is 4.79 Å². The summed E-state index contributed by atoms with van der Waals surface area (Å²) in [5.41, 5.74) is 7.28. The molecule has 106 valence electrons. The van der Waals surface area contributed by atoms with E-state index >= 15 is 0 Å². The number of carbonyl (C=O) groups excluding carboxylic acids is 1. The monoisotopic (exact) mass is 273 g/mol. The first-order valence-electron chi connectivity index (χ1n) is 6.86. The minimum Gasteiger partial charge on any atom is -0.369 e. The Labute approximate surface area is 117 Å². The minimum absolute atomic E-state index is 0.251. The number of nitrogens with zero attached hydrogens (tertiary/aromatic N) is 4. The molecule has 2 aromatic heterocycles. The number of piperazine rings is 1. The van der Waals surface area contributed by atoms with Gasteiger partial charge in [0.1, 0.15) is 5.65 Å². The van der Waals surface area contributed by atoms with Gasteiger partial charge in [0.05, 0.1) is 12.2 Å². The molecule has 20 heavy (non-hydrogen) atoms. The van der Waals surface area contributed by atoms with Crippen molar-refractivity contribution in [3.63, 3.8) is 0 Å². The number of pyridine rings is 1. The van der Waals surface area contributed by atoms with Gasteiger partial charge in [0.25, 0.3) is 0 Å². The third kappa shape index (κ3) is 2.97. The average molecular weight is 273 g/mol. The van der Waals surface area contributed by atoms with Crippen LogP contribution in [0.2, 0.25) is 0 Å². The third-order valence-electron chi connectivity index (χ3n) is 3.64. The minimum atomic E-state index is -0.251. The summed E-state index contributed by atoms with van der Waals surface area (Å²) >= 11 is 0. The average Bonchev–Trinajstić information content (AvgIpc) is 2.82. The lowest BCUT2D eigenvalue weighted by atomic mass is 10.3. The van der Waals surface area contributed by atoms with E-state index in [2.05, 4.69) is 21.0 Å². The molecule has 3 heterocycles. The van der Waals surface area contributed by atoms with Crippen LogP contribution in [0.15, 0.2) is 30.6 Å². The number of hydrogen-bond donors (Lipinski definition) is 1. The van der Waals surface area contributed by atoms with Gasteiger partial charge in [-0.2, -0.15) is 0 Å². The molecule has 0 aliphatic carbocycles. The second-order valence-corrected chi connectivity index (χ2v) is 5.22. The van der Waals surface area contributed by atoms with Crippen molar-refractivity contribution in [2.45, 2.75) is 6.54 Å². The molecule has 0 radical (unpaired) electrons. The van der Waals surface area contributed by atoms with Crippen molar-refractivity contribution in [3.8, 4) is 0 Å². The van der Waals surface area contributed by atoms with Crippen LogP contribution in [0.3, 0.4) is 0 Å². The molecule has 0 spiro atoms. The smallest absolute Gasteiger partial charge is 0.231 e. The number of imidazole rings is 1. The molecule has 1 aliphatic rings. The highest BCUT2D eigenvalue weighted by atomic mass is 16.1. The number of hydrogen-bond acceptors (Lipinski definition) is 4. The molecular formula is C14H19N5O. The van der Waals surface area contributed by atoms with Gasteiger partial charge in [0, 0.05) is 45.1 Å². The molecule has 1 fully saturated rings. The maximum atomic E-state index is 10.9. The van der Waals surface area contributed by atoms with Crippen LogP contribution < -0.4 is 5.73 Å². The van der Waals surface area contributed by atoms with Gasteiger partial charge in [0.2, 0.25) is 5.91 Å². The molecule has 0 saturated carbocycles. The predicted octanol–water partition coefficient (Wildman–Crippen LogP) is -0.0628. The van der Waals surface area contributed by atoms with Crippen LogP contribution in [0.1, 0.15) is 5.69 Å². The van der Waals surface area contributed by atoms with E-state index in [1.54, 1.807) is 0 Å². The van der Waals surface area contributed by atoms with Gasteiger partial charge in [-0.15, -0.1) is 0 Å². The van der Waals surface area contributed by atoms with Crippen LogP contribution in [-0.2, 0) is 11.3 Å². The van der Waals surface area contributed by atoms with Gasteiger partial charge in [-0.3, -0.25) is 14.6 Å². The fraction of sp³-hybridized carbons (Fsp3) is 0.429. The van der Waals surface area contributed by atoms with E-state index in [1.807, 2.05) is 28.8 Å². The Balaban J connectivity index is 1.58. The van der Waals surface area contributed by atoms with E-state index in [0.717, 1.165) is 44.1 Å². The fourth-order valence-corrected chi connectivity index (χ4v) is 2.62. The van der Waals surface area contributed by atoms with Crippen LogP contribution >= 0.6 is 0 Å². The number of primary amides is 1. The number of carbonyl (C=O) groups is 1. The summed E-state index contributed by atoms with van der Waals surface area (Å²) in [7, 11) is 0. The zero-order chi connectivity index (χ0) is 13.9. The van der Waals surface area contributed by atoms with Crippen molar-refractivity contribution >= 4 is 11.6 Å². The van der Waals surface area contributed by atoms with Crippen LogP contribution in [0.5, 0.6) is 0 Å². The largest absolute Gasteiger partial charge is 0.369 e. The molecule has 0 aromatic carbocycles. The SMILES string of the molecule is NC(=O)CN1CCN(Cc2cn3ccccc3n2)CC1. The van der Waals surface area contributed by atoms with Crippen molar-refractivity contribution < 1.29 is 4.79 Å². The molecule has 3 rings (SSSR count). The highest BCUT2D eigenvalue weighted by Crippen LogP contribution is 2.09. The molecule has 6 nitrogen and oxygen atoms in total. The molecular weight excluding hydrogens is 254 g/mol. The lowest BCUT2D eigenvalue weighted by molar-refractivity contribution is -0.119. The summed E-state index contributed by atoms with van der Waals surface area (Å²) in [6, 6.07) is 6.00. The molecule has 2 N–H and O–H groups in total. The maximum absolute atomic E-state index is 10.9. The summed E-state index contributed by atoms with van der Waals surface area (Å²) in [6.07, 6.45) is 4.09. The quantitative estimate of drug-likeness (QED) is 0.847. The topological polar surface area (TPSA) is 66.9 Å². The normalized spacial score (nSPS) is 17.6. The molecule has 1 saturated heterocycles. The number of nitrogens with two attached hydrogens (primary N) is 1. The number of amides is 1. The lowest BCUT2D eigenvalue weighted by Gasteiger charge is -2.33. The van der Waals surface area contributed by atoms with Crippen molar-refractivity contribution in [3.05, 3.63) is 36.3 Å². The number of rotatable bonds is 4. The first-order chi connectivity index (χ1) is 9.70. The van der Waals surface area contributed by atoms with E-state index in [0.29, 0.717) is 6.54 Å². The van der Waals surface area contributed by atoms with Gasteiger partial charge in [-0.05, 0) is 12.1 Å².